The Kier molecular flexibility index (Phi) is 26.8. The van der Waals surface area contributed by atoms with E-state index in [0.717, 1.165) is 11.8 Å². The van der Waals surface area contributed by atoms with Gasteiger partial charge in [-0.1, -0.05) is 24.3 Å². The fourth-order valence-corrected chi connectivity index (χ4v) is 9.35. The first-order valence-electron chi connectivity index (χ1n) is 27.2. The summed E-state index contributed by atoms with van der Waals surface area (Å²) in [6, 6.07) is -3.79. The second-order valence-corrected chi connectivity index (χ2v) is 20.5. The summed E-state index contributed by atoms with van der Waals surface area (Å²) in [4.78, 5) is 138. The highest BCUT2D eigenvalue weighted by molar-refractivity contribution is 5.99. The fraction of sp³-hybridized carbons (Fsp3) is 0.585. The summed E-state index contributed by atoms with van der Waals surface area (Å²) >= 11 is 0. The molecule has 2 aromatic carbocycles. The molecular weight excluding hydrogens is 1080 g/mol. The zero-order valence-corrected chi connectivity index (χ0v) is 45.9. The molecule has 2 saturated heterocycles. The third kappa shape index (κ3) is 19.9. The number of aliphatic hydroxyl groups is 4. The number of phenolic OH excluding ortho intramolecular Hbond substituents is 2. The summed E-state index contributed by atoms with van der Waals surface area (Å²) in [6.45, 7) is 0.644. The van der Waals surface area contributed by atoms with Crippen LogP contribution in [0.2, 0.25) is 0 Å². The van der Waals surface area contributed by atoms with Crippen molar-refractivity contribution in [1.29, 1.82) is 0 Å². The Morgan fingerprint density at radius 3 is 1.51 bits per heavy atom. The minimum atomic E-state index is -1.87. The second-order valence-electron chi connectivity index (χ2n) is 20.5. The van der Waals surface area contributed by atoms with Crippen molar-refractivity contribution in [3.63, 3.8) is 0 Å². The zero-order chi connectivity index (χ0) is 60.8. The molecule has 2 fully saturated rings. The molecule has 0 unspecified atom stereocenters. The van der Waals surface area contributed by atoms with Crippen molar-refractivity contribution < 1.29 is 83.7 Å². The van der Waals surface area contributed by atoms with Gasteiger partial charge in [0.05, 0.1) is 31.5 Å². The van der Waals surface area contributed by atoms with Crippen molar-refractivity contribution in [1.82, 2.24) is 47.0 Å². The number of carbonyl (C=O) groups is 10. The number of aliphatic hydroxyl groups excluding tert-OH is 4. The third-order valence-electron chi connectivity index (χ3n) is 13.9. The van der Waals surface area contributed by atoms with Gasteiger partial charge in [-0.15, -0.1) is 0 Å². The molecule has 0 bridgehead atoms. The van der Waals surface area contributed by atoms with E-state index in [0.29, 0.717) is 49.8 Å². The average molecular weight is 1160 g/mol. The van der Waals surface area contributed by atoms with Gasteiger partial charge in [0.25, 0.3) is 0 Å². The van der Waals surface area contributed by atoms with Crippen LogP contribution in [-0.4, -0.2) is 217 Å². The number of carbonyl (C=O) groups excluding carboxylic acids is 9. The maximum Gasteiger partial charge on any atom is 0.326 e. The highest BCUT2D eigenvalue weighted by atomic mass is 16.4. The van der Waals surface area contributed by atoms with Gasteiger partial charge in [-0.05, 0) is 114 Å². The molecule has 2 heterocycles. The van der Waals surface area contributed by atoms with Crippen LogP contribution in [0.5, 0.6) is 11.5 Å². The van der Waals surface area contributed by atoms with E-state index < -0.39 is 158 Å². The van der Waals surface area contributed by atoms with Crippen LogP contribution in [0.4, 0.5) is 0 Å². The number of β-amino-alcohol motifs (C(OH)–C–C–N with tert-alkyl or cyclic N) is 1. The second kappa shape index (κ2) is 32.8. The van der Waals surface area contributed by atoms with Crippen LogP contribution < -0.4 is 54.4 Å². The number of aliphatic carboxylic acids is 1. The Bertz CT molecular complexity index is 2500. The number of unbranched alkanes of at least 4 members (excludes halogenated alkanes) is 2. The lowest BCUT2D eigenvalue weighted by Crippen LogP contribution is -2.62. The Morgan fingerprint density at radius 2 is 1.02 bits per heavy atom. The van der Waals surface area contributed by atoms with Crippen LogP contribution in [0.15, 0.2) is 48.5 Å². The molecule has 454 valence electrons. The molecule has 0 aromatic heterocycles. The highest BCUT2D eigenvalue weighted by Crippen LogP contribution is 2.23. The van der Waals surface area contributed by atoms with Crippen molar-refractivity contribution in [3.05, 3.63) is 59.7 Å². The molecule has 0 saturated carbocycles. The van der Waals surface area contributed by atoms with E-state index in [1.807, 2.05) is 0 Å². The minimum Gasteiger partial charge on any atom is -0.508 e. The predicted molar refractivity (Wildman–Crippen MR) is 291 cm³/mol. The quantitative estimate of drug-likeness (QED) is 0.0304. The Balaban J connectivity index is 1.52. The smallest absolute Gasteiger partial charge is 0.326 e. The fourth-order valence-electron chi connectivity index (χ4n) is 9.35. The molecule has 0 spiro atoms. The molecule has 29 nitrogen and oxygen atoms in total. The molecule has 0 aliphatic carbocycles. The van der Waals surface area contributed by atoms with Crippen LogP contribution in [0, 0.1) is 0 Å². The van der Waals surface area contributed by atoms with E-state index in [2.05, 4.69) is 37.2 Å². The molecular formula is C53H80N12O17. The molecule has 29 heteroatoms. The standard InChI is InChI=1S/C53H80N12O17/c1-28(56)44(72)57-35(8-3-5-19-54)51(79)64-21-7-10-41(64)48(76)61-39(26-66)47(75)59-37(22-30-11-15-32(69)16-12-30)46(74)62-40(27-67)52(80)65-25-34(71)24-42(65)49(77)63-43(29(2)68)50(78)60-38(23-31-13-17-33(70)18-14-31)45(73)58-36(53(81)82)9-4-6-20-55/h11-18,28-29,34-43,66-71H,3-10,19-27,54-56H2,1-2H3,(H,57,72)(H,58,73)(H,59,75)(H,60,78)(H,61,76)(H,62,74)(H,63,77)(H,81,82)/t28-,29+,34+,35-,36-,37-,38-,39-,40-,41-,42-,43-/m0/s1. The first-order valence-corrected chi connectivity index (χ1v) is 27.2. The molecule has 2 aliphatic heterocycles. The number of amides is 9. The number of benzene rings is 2. The lowest BCUT2D eigenvalue weighted by molar-refractivity contribution is -0.144. The summed E-state index contributed by atoms with van der Waals surface area (Å²) in [7, 11) is 0. The van der Waals surface area contributed by atoms with E-state index in [1.54, 1.807) is 0 Å². The van der Waals surface area contributed by atoms with Gasteiger partial charge >= 0.3 is 5.97 Å². The lowest BCUT2D eigenvalue weighted by atomic mass is 10.0. The molecule has 2 aromatic rings. The normalized spacial score (nSPS) is 19.2. The van der Waals surface area contributed by atoms with E-state index in [4.69, 9.17) is 17.2 Å². The Hall–Kier alpha value is -7.54. The summed E-state index contributed by atoms with van der Waals surface area (Å²) < 4.78 is 0. The number of hydrogen-bond donors (Lipinski definition) is 17. The SMILES string of the molecule is C[C@H](N)C(=O)N[C@@H](CCCCN)C(=O)N1CCC[C@H]1C(=O)N[C@@H](CO)C(=O)N[C@@H](Cc1ccc(O)cc1)C(=O)N[C@@H](CO)C(=O)N1C[C@H](O)C[C@H]1C(=O)N[C@H](C(=O)N[C@@H](Cc1ccc(O)cc1)C(=O)N[C@@H](CCCCN)C(=O)O)[C@@H](C)O. The Labute approximate surface area is 473 Å². The summed E-state index contributed by atoms with van der Waals surface area (Å²) in [5, 5.41) is 89.1. The summed E-state index contributed by atoms with van der Waals surface area (Å²) in [5.74, 6) is -10.1. The molecule has 0 radical (unpaired) electrons. The van der Waals surface area contributed by atoms with Gasteiger partial charge in [0.15, 0.2) is 0 Å². The average Bonchev–Trinajstić information content (AvgIpc) is 4.24. The number of carboxylic acids is 1. The van der Waals surface area contributed by atoms with Crippen LogP contribution in [0.1, 0.15) is 82.8 Å². The molecule has 12 atom stereocenters. The first-order chi connectivity index (χ1) is 38.9. The predicted octanol–water partition coefficient (Wildman–Crippen LogP) is -5.72. The number of aromatic hydroxyl groups is 2. The first kappa shape index (κ1) is 67.0. The van der Waals surface area contributed by atoms with E-state index in [9.17, 15) is 83.7 Å². The number of nitrogens with zero attached hydrogens (tertiary/aromatic N) is 2. The minimum absolute atomic E-state index is 0.00191. The van der Waals surface area contributed by atoms with Crippen LogP contribution >= 0.6 is 0 Å². The molecule has 20 N–H and O–H groups in total. The maximum absolute atomic E-state index is 14.2. The highest BCUT2D eigenvalue weighted by Gasteiger charge is 2.44. The van der Waals surface area contributed by atoms with Gasteiger partial charge in [-0.25, -0.2) is 4.79 Å². The van der Waals surface area contributed by atoms with Crippen LogP contribution in [0.25, 0.3) is 0 Å². The van der Waals surface area contributed by atoms with Gasteiger partial charge in [0, 0.05) is 32.4 Å². The van der Waals surface area contributed by atoms with Crippen LogP contribution in [0.3, 0.4) is 0 Å². The molecule has 4 rings (SSSR count). The van der Waals surface area contributed by atoms with Crippen LogP contribution in [-0.2, 0) is 60.8 Å². The number of nitrogens with two attached hydrogens (primary N) is 3. The van der Waals surface area contributed by atoms with E-state index in [-0.39, 0.29) is 56.7 Å². The zero-order valence-electron chi connectivity index (χ0n) is 45.9. The van der Waals surface area contributed by atoms with Gasteiger partial charge in [0.2, 0.25) is 53.2 Å². The maximum atomic E-state index is 14.2. The van der Waals surface area contributed by atoms with E-state index >= 15 is 0 Å². The van der Waals surface area contributed by atoms with E-state index in [1.165, 1.54) is 60.4 Å². The van der Waals surface area contributed by atoms with Gasteiger partial charge in [0.1, 0.15) is 65.9 Å². The third-order valence-corrected chi connectivity index (χ3v) is 13.9. The number of nitrogens with one attached hydrogen (secondary N) is 7. The number of hydrogen-bond acceptors (Lipinski definition) is 19. The number of rotatable bonds is 32. The Morgan fingerprint density at radius 1 is 0.573 bits per heavy atom. The van der Waals surface area contributed by atoms with Gasteiger partial charge in [-0.3, -0.25) is 43.2 Å². The summed E-state index contributed by atoms with van der Waals surface area (Å²) in [5.41, 5.74) is 17.7. The molecule has 9 amide bonds. The lowest BCUT2D eigenvalue weighted by Gasteiger charge is -2.31. The monoisotopic (exact) mass is 1160 g/mol. The van der Waals surface area contributed by atoms with Gasteiger partial charge in [-0.2, -0.15) is 0 Å². The molecule has 82 heavy (non-hydrogen) atoms. The van der Waals surface area contributed by atoms with Crippen molar-refractivity contribution in [2.75, 3.05) is 39.4 Å². The number of phenols is 2. The van der Waals surface area contributed by atoms with Crippen molar-refractivity contribution >= 4 is 59.1 Å². The summed E-state index contributed by atoms with van der Waals surface area (Å²) in [6.07, 6.45) is -1.53. The van der Waals surface area contributed by atoms with Crippen molar-refractivity contribution in [2.24, 2.45) is 17.2 Å². The molecule has 2 aliphatic rings. The number of likely N-dealkylation sites (tertiary alicyclic amines) is 2. The topological polar surface area (TPSA) is 481 Å². The number of carboxylic acid groups (broad SMARTS) is 1. The largest absolute Gasteiger partial charge is 0.508 e. The van der Waals surface area contributed by atoms with Crippen molar-refractivity contribution in [2.45, 2.75) is 157 Å². The van der Waals surface area contributed by atoms with Gasteiger partial charge < -0.3 is 100.0 Å². The van der Waals surface area contributed by atoms with Crippen molar-refractivity contribution in [3.8, 4) is 11.5 Å².